The van der Waals surface area contributed by atoms with Gasteiger partial charge in [0, 0.05) is 33.2 Å². The van der Waals surface area contributed by atoms with E-state index in [9.17, 15) is 0 Å². The van der Waals surface area contributed by atoms with E-state index in [-0.39, 0.29) is 0 Å². The van der Waals surface area contributed by atoms with Crippen molar-refractivity contribution in [2.45, 2.75) is 19.9 Å². The normalized spacial score (nSPS) is 15.0. The minimum atomic E-state index is 0.808. The van der Waals surface area contributed by atoms with Crippen LogP contribution in [0.2, 0.25) is 0 Å². The Balaban J connectivity index is 0.000000606. The van der Waals surface area contributed by atoms with Gasteiger partial charge in [0.05, 0.1) is 18.0 Å². The fraction of sp³-hybridized carbons (Fsp3) is 0.583. The van der Waals surface area contributed by atoms with E-state index in [1.54, 1.807) is 7.11 Å². The molecule has 0 atom stereocenters. The second-order valence-corrected chi connectivity index (χ2v) is 3.77. The monoisotopic (exact) mass is 221 g/mol. The first-order valence-corrected chi connectivity index (χ1v) is 5.38. The molecule has 0 radical (unpaired) electrons. The largest absolute Gasteiger partial charge is 0.383 e. The Morgan fingerprint density at radius 1 is 1.50 bits per heavy atom. The number of hydrogen-bond acceptors (Lipinski definition) is 3. The summed E-state index contributed by atoms with van der Waals surface area (Å²) in [6.07, 6.45) is 9.06. The molecule has 0 amide bonds. The number of aromatic nitrogens is 2. The molecule has 0 saturated heterocycles. The number of H-pyrrole nitrogens is 1. The molecule has 0 fully saturated rings. The van der Waals surface area contributed by atoms with Crippen LogP contribution >= 0.6 is 0 Å². The van der Waals surface area contributed by atoms with E-state index in [2.05, 4.69) is 27.7 Å². The highest BCUT2D eigenvalue weighted by Gasteiger charge is 2.18. The van der Waals surface area contributed by atoms with Crippen molar-refractivity contribution in [1.29, 1.82) is 0 Å². The van der Waals surface area contributed by atoms with E-state index in [0.717, 1.165) is 38.5 Å². The van der Waals surface area contributed by atoms with Crippen LogP contribution < -0.4 is 0 Å². The third kappa shape index (κ3) is 3.09. The van der Waals surface area contributed by atoms with Gasteiger partial charge in [0.1, 0.15) is 5.82 Å². The maximum absolute atomic E-state index is 5.07. The Morgan fingerprint density at radius 2 is 2.25 bits per heavy atom. The Hall–Kier alpha value is -1.31. The van der Waals surface area contributed by atoms with Crippen LogP contribution in [0.4, 0.5) is 0 Å². The molecule has 16 heavy (non-hydrogen) atoms. The van der Waals surface area contributed by atoms with Gasteiger partial charge in [-0.25, -0.2) is 4.98 Å². The molecule has 1 aromatic heterocycles. The second-order valence-electron chi connectivity index (χ2n) is 3.77. The van der Waals surface area contributed by atoms with Crippen molar-refractivity contribution in [3.05, 3.63) is 17.2 Å². The van der Waals surface area contributed by atoms with Crippen LogP contribution in [0.15, 0.2) is 0 Å². The molecule has 2 heterocycles. The molecule has 1 aliphatic rings. The number of ether oxygens (including phenoxy) is 1. The van der Waals surface area contributed by atoms with Crippen molar-refractivity contribution >= 4 is 0 Å². The van der Waals surface area contributed by atoms with Gasteiger partial charge in [-0.2, -0.15) is 0 Å². The molecule has 0 aromatic carbocycles. The molecular formula is C12H19N3O. The fourth-order valence-electron chi connectivity index (χ4n) is 1.90. The van der Waals surface area contributed by atoms with Crippen LogP contribution in [0.3, 0.4) is 0 Å². The Bertz CT molecular complexity index is 343. The SMILES string of the molecule is C#C.COCCN1CCc2nc(C)[nH]c2C1. The summed E-state index contributed by atoms with van der Waals surface area (Å²) in [5.74, 6) is 1.03. The third-order valence-corrected chi connectivity index (χ3v) is 2.64. The van der Waals surface area contributed by atoms with E-state index in [0.29, 0.717) is 0 Å². The average Bonchev–Trinajstić information content (AvgIpc) is 2.68. The van der Waals surface area contributed by atoms with Crippen LogP contribution in [0.1, 0.15) is 17.2 Å². The van der Waals surface area contributed by atoms with Crippen molar-refractivity contribution in [3.63, 3.8) is 0 Å². The molecule has 0 unspecified atom stereocenters. The lowest BCUT2D eigenvalue weighted by atomic mass is 10.1. The van der Waals surface area contributed by atoms with E-state index >= 15 is 0 Å². The molecule has 2 rings (SSSR count). The van der Waals surface area contributed by atoms with E-state index in [1.165, 1.54) is 11.4 Å². The third-order valence-electron chi connectivity index (χ3n) is 2.64. The van der Waals surface area contributed by atoms with Crippen LogP contribution in [0.5, 0.6) is 0 Å². The molecule has 0 aliphatic carbocycles. The number of nitrogens with one attached hydrogen (secondary N) is 1. The van der Waals surface area contributed by atoms with Gasteiger partial charge in [-0.1, -0.05) is 0 Å². The van der Waals surface area contributed by atoms with Crippen molar-refractivity contribution in [2.24, 2.45) is 0 Å². The number of hydrogen-bond donors (Lipinski definition) is 1. The molecule has 0 bridgehead atoms. The summed E-state index contributed by atoms with van der Waals surface area (Å²) in [4.78, 5) is 10.2. The van der Waals surface area contributed by atoms with Crippen LogP contribution in [0, 0.1) is 19.8 Å². The predicted molar refractivity (Wildman–Crippen MR) is 64.1 cm³/mol. The van der Waals surface area contributed by atoms with Crippen molar-refractivity contribution in [1.82, 2.24) is 14.9 Å². The van der Waals surface area contributed by atoms with Gasteiger partial charge in [-0.3, -0.25) is 4.90 Å². The highest BCUT2D eigenvalue weighted by atomic mass is 16.5. The highest BCUT2D eigenvalue weighted by molar-refractivity contribution is 5.17. The Morgan fingerprint density at radius 3 is 2.94 bits per heavy atom. The van der Waals surface area contributed by atoms with Gasteiger partial charge in [0.2, 0.25) is 0 Å². The van der Waals surface area contributed by atoms with Gasteiger partial charge in [-0.05, 0) is 6.92 Å². The van der Waals surface area contributed by atoms with Crippen molar-refractivity contribution in [3.8, 4) is 12.8 Å². The molecule has 0 saturated carbocycles. The first-order chi connectivity index (χ1) is 7.79. The first-order valence-electron chi connectivity index (χ1n) is 5.38. The van der Waals surface area contributed by atoms with Crippen molar-refractivity contribution < 1.29 is 4.74 Å². The summed E-state index contributed by atoms with van der Waals surface area (Å²) in [5.41, 5.74) is 2.53. The standard InChI is InChI=1S/C10H17N3O.C2H2/c1-8-11-9-3-4-13(5-6-14-2)7-10(9)12-8;1-2/h3-7H2,1-2H3,(H,11,12);1-2H. The van der Waals surface area contributed by atoms with E-state index in [1.807, 2.05) is 6.92 Å². The molecule has 88 valence electrons. The second kappa shape index (κ2) is 6.31. The molecule has 0 spiro atoms. The Labute approximate surface area is 97.0 Å². The first kappa shape index (κ1) is 12.8. The zero-order valence-corrected chi connectivity index (χ0v) is 9.99. The van der Waals surface area contributed by atoms with Gasteiger partial charge >= 0.3 is 0 Å². The number of methoxy groups -OCH3 is 1. The lowest BCUT2D eigenvalue weighted by Crippen LogP contribution is -2.33. The highest BCUT2D eigenvalue weighted by Crippen LogP contribution is 2.15. The minimum Gasteiger partial charge on any atom is -0.383 e. The Kier molecular flexibility index (Phi) is 5.03. The molecule has 1 N–H and O–H groups in total. The number of nitrogens with zero attached hydrogens (tertiary/aromatic N) is 2. The van der Waals surface area contributed by atoms with Crippen LogP contribution in [-0.4, -0.2) is 41.7 Å². The molecule has 4 heteroatoms. The van der Waals surface area contributed by atoms with Crippen molar-refractivity contribution in [2.75, 3.05) is 26.8 Å². The average molecular weight is 221 g/mol. The van der Waals surface area contributed by atoms with Gasteiger partial charge in [0.25, 0.3) is 0 Å². The lowest BCUT2D eigenvalue weighted by molar-refractivity contribution is 0.139. The fourth-order valence-corrected chi connectivity index (χ4v) is 1.90. The predicted octanol–water partition coefficient (Wildman–Crippen LogP) is 0.972. The summed E-state index contributed by atoms with van der Waals surface area (Å²) >= 11 is 0. The van der Waals surface area contributed by atoms with E-state index in [4.69, 9.17) is 4.74 Å². The summed E-state index contributed by atoms with van der Waals surface area (Å²) in [5, 5.41) is 0. The van der Waals surface area contributed by atoms with Crippen LogP contribution in [0.25, 0.3) is 0 Å². The van der Waals surface area contributed by atoms with Gasteiger partial charge in [-0.15, -0.1) is 12.8 Å². The summed E-state index contributed by atoms with van der Waals surface area (Å²) in [6, 6.07) is 0. The minimum absolute atomic E-state index is 0.808. The van der Waals surface area contributed by atoms with Gasteiger partial charge in [0.15, 0.2) is 0 Å². The van der Waals surface area contributed by atoms with Crippen LogP contribution in [-0.2, 0) is 17.7 Å². The molecule has 1 aromatic rings. The molecule has 1 aliphatic heterocycles. The zero-order valence-electron chi connectivity index (χ0n) is 9.99. The number of fused-ring (bicyclic) bond motifs is 1. The molecule has 4 nitrogen and oxygen atoms in total. The maximum atomic E-state index is 5.07. The number of aryl methyl sites for hydroxylation is 1. The topological polar surface area (TPSA) is 41.1 Å². The number of terminal acetylenes is 1. The quantitative estimate of drug-likeness (QED) is 0.773. The summed E-state index contributed by atoms with van der Waals surface area (Å²) in [6.45, 7) is 5.91. The molecular weight excluding hydrogens is 202 g/mol. The van der Waals surface area contributed by atoms with E-state index < -0.39 is 0 Å². The summed E-state index contributed by atoms with van der Waals surface area (Å²) in [7, 11) is 1.75. The maximum Gasteiger partial charge on any atom is 0.103 e. The zero-order chi connectivity index (χ0) is 12.0. The number of imidazole rings is 1. The summed E-state index contributed by atoms with van der Waals surface area (Å²) < 4.78 is 5.07. The van der Waals surface area contributed by atoms with Gasteiger partial charge < -0.3 is 9.72 Å². The number of rotatable bonds is 3. The number of aromatic amines is 1. The smallest absolute Gasteiger partial charge is 0.103 e. The lowest BCUT2D eigenvalue weighted by Gasteiger charge is -2.25.